The molecule has 2 fully saturated rings. The van der Waals surface area contributed by atoms with Gasteiger partial charge in [-0.25, -0.2) is 0 Å². The summed E-state index contributed by atoms with van der Waals surface area (Å²) < 4.78 is 0. The van der Waals surface area contributed by atoms with Gasteiger partial charge in [-0.15, -0.1) is 0 Å². The third-order valence-corrected chi connectivity index (χ3v) is 4.98. The van der Waals surface area contributed by atoms with E-state index in [0.29, 0.717) is 24.6 Å². The van der Waals surface area contributed by atoms with Gasteiger partial charge in [0, 0.05) is 18.6 Å². The Morgan fingerprint density at radius 2 is 2.00 bits per heavy atom. The van der Waals surface area contributed by atoms with Crippen molar-refractivity contribution in [3.8, 4) is 0 Å². The first-order valence-corrected chi connectivity index (χ1v) is 7.81. The van der Waals surface area contributed by atoms with Crippen LogP contribution in [0.4, 0.5) is 0 Å². The highest BCUT2D eigenvalue weighted by Gasteiger charge is 2.30. The molecule has 0 spiro atoms. The van der Waals surface area contributed by atoms with E-state index in [9.17, 15) is 5.11 Å². The Kier molecular flexibility index (Phi) is 5.46. The Morgan fingerprint density at radius 3 is 2.78 bits per heavy atom. The number of nitrogens with zero attached hydrogens (tertiary/aromatic N) is 1. The van der Waals surface area contributed by atoms with Crippen molar-refractivity contribution in [2.75, 3.05) is 19.7 Å². The molecule has 18 heavy (non-hydrogen) atoms. The summed E-state index contributed by atoms with van der Waals surface area (Å²) in [6.07, 6.45) is 8.79. The van der Waals surface area contributed by atoms with Crippen molar-refractivity contribution in [3.05, 3.63) is 0 Å². The van der Waals surface area contributed by atoms with Gasteiger partial charge in [0.05, 0.1) is 6.61 Å². The second-order valence-electron chi connectivity index (χ2n) is 6.52. The molecule has 3 heteroatoms. The zero-order valence-electron chi connectivity index (χ0n) is 11.9. The third-order valence-electron chi connectivity index (χ3n) is 4.98. The van der Waals surface area contributed by atoms with E-state index in [-0.39, 0.29) is 0 Å². The van der Waals surface area contributed by atoms with Crippen LogP contribution in [0.15, 0.2) is 0 Å². The third kappa shape index (κ3) is 3.69. The zero-order valence-corrected chi connectivity index (χ0v) is 11.9. The minimum Gasteiger partial charge on any atom is -0.395 e. The number of likely N-dealkylation sites (tertiary alicyclic amines) is 1. The summed E-state index contributed by atoms with van der Waals surface area (Å²) in [5.41, 5.74) is 6.30. The fraction of sp³-hybridized carbons (Fsp3) is 1.00. The van der Waals surface area contributed by atoms with Crippen LogP contribution in [0.25, 0.3) is 0 Å². The zero-order chi connectivity index (χ0) is 13.0. The van der Waals surface area contributed by atoms with Crippen LogP contribution < -0.4 is 5.73 Å². The molecule has 2 rings (SSSR count). The summed E-state index contributed by atoms with van der Waals surface area (Å²) in [6, 6.07) is 0.765. The summed E-state index contributed by atoms with van der Waals surface area (Å²) in [5.74, 6) is 1.47. The second kappa shape index (κ2) is 6.88. The summed E-state index contributed by atoms with van der Waals surface area (Å²) in [4.78, 5) is 2.52. The SMILES string of the molecule is CC1CCC(N)C(CN2CCCCCC2CO)C1. The van der Waals surface area contributed by atoms with Crippen LogP contribution >= 0.6 is 0 Å². The standard InChI is InChI=1S/C15H30N2O/c1-12-6-7-15(16)13(9-12)10-17-8-4-2-3-5-14(17)11-18/h12-15,18H,2-11,16H2,1H3. The number of rotatable bonds is 3. The Bertz CT molecular complexity index is 247. The van der Waals surface area contributed by atoms with Crippen LogP contribution in [0.2, 0.25) is 0 Å². The minimum absolute atomic E-state index is 0.317. The van der Waals surface area contributed by atoms with E-state index in [4.69, 9.17) is 5.73 Å². The largest absolute Gasteiger partial charge is 0.395 e. The van der Waals surface area contributed by atoms with Crippen molar-refractivity contribution in [2.45, 2.75) is 64.0 Å². The highest BCUT2D eigenvalue weighted by atomic mass is 16.3. The first kappa shape index (κ1) is 14.3. The molecule has 4 atom stereocenters. The van der Waals surface area contributed by atoms with Crippen molar-refractivity contribution < 1.29 is 5.11 Å². The Morgan fingerprint density at radius 1 is 1.17 bits per heavy atom. The Balaban J connectivity index is 1.92. The van der Waals surface area contributed by atoms with Gasteiger partial charge in [-0.3, -0.25) is 4.90 Å². The maximum atomic E-state index is 9.56. The molecule has 1 aliphatic carbocycles. The fourth-order valence-corrected chi connectivity index (χ4v) is 3.72. The molecule has 2 aliphatic rings. The normalized spacial score (nSPS) is 39.5. The molecule has 106 valence electrons. The average Bonchev–Trinajstić information content (AvgIpc) is 2.59. The van der Waals surface area contributed by atoms with E-state index < -0.39 is 0 Å². The first-order valence-electron chi connectivity index (χ1n) is 7.81. The average molecular weight is 254 g/mol. The monoisotopic (exact) mass is 254 g/mol. The molecule has 1 aliphatic heterocycles. The summed E-state index contributed by atoms with van der Waals surface area (Å²) in [6.45, 7) is 4.93. The summed E-state index contributed by atoms with van der Waals surface area (Å²) in [5, 5.41) is 9.56. The van der Waals surface area contributed by atoms with Crippen LogP contribution in [-0.2, 0) is 0 Å². The lowest BCUT2D eigenvalue weighted by atomic mass is 9.79. The van der Waals surface area contributed by atoms with Crippen molar-refractivity contribution in [2.24, 2.45) is 17.6 Å². The number of hydrogen-bond acceptors (Lipinski definition) is 3. The smallest absolute Gasteiger partial charge is 0.0586 e. The quantitative estimate of drug-likeness (QED) is 0.810. The summed E-state index contributed by atoms with van der Waals surface area (Å²) in [7, 11) is 0. The molecule has 0 aromatic heterocycles. The maximum Gasteiger partial charge on any atom is 0.0586 e. The van der Waals surface area contributed by atoms with Crippen molar-refractivity contribution in [1.82, 2.24) is 4.90 Å². The van der Waals surface area contributed by atoms with Crippen LogP contribution in [0.5, 0.6) is 0 Å². The van der Waals surface area contributed by atoms with E-state index in [1.165, 1.54) is 38.5 Å². The topological polar surface area (TPSA) is 49.5 Å². The van der Waals surface area contributed by atoms with Gasteiger partial charge in [-0.2, -0.15) is 0 Å². The lowest BCUT2D eigenvalue weighted by Gasteiger charge is -2.38. The van der Waals surface area contributed by atoms with Gasteiger partial charge in [-0.05, 0) is 50.5 Å². The Labute approximate surface area is 112 Å². The summed E-state index contributed by atoms with van der Waals surface area (Å²) >= 11 is 0. The van der Waals surface area contributed by atoms with Gasteiger partial charge in [0.2, 0.25) is 0 Å². The molecule has 1 heterocycles. The molecule has 0 amide bonds. The van der Waals surface area contributed by atoms with Gasteiger partial charge < -0.3 is 10.8 Å². The van der Waals surface area contributed by atoms with Crippen molar-refractivity contribution in [1.29, 1.82) is 0 Å². The molecule has 1 saturated carbocycles. The Hall–Kier alpha value is -0.120. The van der Waals surface area contributed by atoms with Crippen LogP contribution in [0.3, 0.4) is 0 Å². The lowest BCUT2D eigenvalue weighted by molar-refractivity contribution is 0.0878. The van der Waals surface area contributed by atoms with E-state index >= 15 is 0 Å². The van der Waals surface area contributed by atoms with Crippen molar-refractivity contribution in [3.63, 3.8) is 0 Å². The molecule has 0 aromatic rings. The molecule has 0 aromatic carbocycles. The predicted octanol–water partition coefficient (Wildman–Crippen LogP) is 1.99. The number of hydrogen-bond donors (Lipinski definition) is 2. The van der Waals surface area contributed by atoms with Gasteiger partial charge in [0.15, 0.2) is 0 Å². The number of nitrogens with two attached hydrogens (primary N) is 1. The highest BCUT2D eigenvalue weighted by Crippen LogP contribution is 2.30. The van der Waals surface area contributed by atoms with Crippen LogP contribution in [-0.4, -0.2) is 41.8 Å². The minimum atomic E-state index is 0.317. The number of aliphatic hydroxyl groups excluding tert-OH is 1. The van der Waals surface area contributed by atoms with Gasteiger partial charge in [0.25, 0.3) is 0 Å². The predicted molar refractivity (Wildman–Crippen MR) is 75.4 cm³/mol. The second-order valence-corrected chi connectivity index (χ2v) is 6.52. The molecule has 1 saturated heterocycles. The molecule has 0 bridgehead atoms. The van der Waals surface area contributed by atoms with E-state index in [2.05, 4.69) is 11.8 Å². The lowest BCUT2D eigenvalue weighted by Crippen LogP contribution is -2.47. The van der Waals surface area contributed by atoms with E-state index in [1.54, 1.807) is 0 Å². The van der Waals surface area contributed by atoms with Crippen molar-refractivity contribution >= 4 is 0 Å². The van der Waals surface area contributed by atoms with Gasteiger partial charge in [0.1, 0.15) is 0 Å². The molecular formula is C15H30N2O. The molecule has 3 N–H and O–H groups in total. The molecule has 4 unspecified atom stereocenters. The fourth-order valence-electron chi connectivity index (χ4n) is 3.72. The van der Waals surface area contributed by atoms with Crippen LogP contribution in [0.1, 0.15) is 51.9 Å². The molecule has 3 nitrogen and oxygen atoms in total. The first-order chi connectivity index (χ1) is 8.70. The van der Waals surface area contributed by atoms with Gasteiger partial charge >= 0.3 is 0 Å². The van der Waals surface area contributed by atoms with E-state index in [1.807, 2.05) is 0 Å². The molecule has 0 radical (unpaired) electrons. The van der Waals surface area contributed by atoms with E-state index in [0.717, 1.165) is 25.4 Å². The highest BCUT2D eigenvalue weighted by molar-refractivity contribution is 4.85. The van der Waals surface area contributed by atoms with Crippen LogP contribution in [0, 0.1) is 11.8 Å². The molecular weight excluding hydrogens is 224 g/mol. The maximum absolute atomic E-state index is 9.56. The number of aliphatic hydroxyl groups is 1. The van der Waals surface area contributed by atoms with Gasteiger partial charge in [-0.1, -0.05) is 19.8 Å².